The molecule has 19 heavy (non-hydrogen) atoms. The second-order valence-corrected chi connectivity index (χ2v) is 6.38. The first kappa shape index (κ1) is 15.5. The number of ether oxygens (including phenoxy) is 1. The minimum absolute atomic E-state index is 0.121. The number of carbonyl (C=O) groups excluding carboxylic acids is 2. The van der Waals surface area contributed by atoms with Gasteiger partial charge >= 0.3 is 6.09 Å². The van der Waals surface area contributed by atoms with Gasteiger partial charge < -0.3 is 15.4 Å². The Kier molecular flexibility index (Phi) is 5.35. The lowest BCUT2D eigenvalue weighted by atomic mass is 10.2. The molecule has 0 bridgehead atoms. The molecule has 106 valence electrons. The fourth-order valence-electron chi connectivity index (χ4n) is 1.30. The normalized spacial score (nSPS) is 10.9. The SMILES string of the molecule is Cc1ccc(C(=O)NCCNC(=O)OC(C)(C)C)s1. The Bertz CT molecular complexity index is 449. The van der Waals surface area contributed by atoms with Crippen molar-refractivity contribution < 1.29 is 14.3 Å². The van der Waals surface area contributed by atoms with Gasteiger partial charge in [-0.3, -0.25) is 4.79 Å². The molecule has 1 rings (SSSR count). The molecule has 1 heterocycles. The summed E-state index contributed by atoms with van der Waals surface area (Å²) in [5, 5.41) is 5.31. The molecule has 1 aromatic heterocycles. The summed E-state index contributed by atoms with van der Waals surface area (Å²) in [4.78, 5) is 24.8. The van der Waals surface area contributed by atoms with Gasteiger partial charge in [-0.15, -0.1) is 11.3 Å². The third-order valence-corrected chi connectivity index (χ3v) is 3.04. The summed E-state index contributed by atoms with van der Waals surface area (Å²) in [5.74, 6) is -0.121. The van der Waals surface area contributed by atoms with Crippen LogP contribution in [0.3, 0.4) is 0 Å². The van der Waals surface area contributed by atoms with Crippen LogP contribution >= 0.6 is 11.3 Å². The highest BCUT2D eigenvalue weighted by atomic mass is 32.1. The Morgan fingerprint density at radius 1 is 1.21 bits per heavy atom. The van der Waals surface area contributed by atoms with E-state index in [4.69, 9.17) is 4.74 Å². The molecule has 0 aliphatic carbocycles. The van der Waals surface area contributed by atoms with E-state index in [0.717, 1.165) is 4.88 Å². The first-order valence-electron chi connectivity index (χ1n) is 6.09. The van der Waals surface area contributed by atoms with Gasteiger partial charge in [-0.1, -0.05) is 0 Å². The van der Waals surface area contributed by atoms with E-state index >= 15 is 0 Å². The molecule has 1 aromatic rings. The van der Waals surface area contributed by atoms with E-state index in [2.05, 4.69) is 10.6 Å². The molecule has 0 saturated heterocycles. The molecule has 0 aromatic carbocycles. The van der Waals surface area contributed by atoms with Crippen LogP contribution in [0.4, 0.5) is 4.79 Å². The first-order chi connectivity index (χ1) is 8.78. The molecule has 5 nitrogen and oxygen atoms in total. The van der Waals surface area contributed by atoms with Crippen LogP contribution in [0.15, 0.2) is 12.1 Å². The molecule has 2 N–H and O–H groups in total. The fraction of sp³-hybridized carbons (Fsp3) is 0.538. The predicted molar refractivity (Wildman–Crippen MR) is 75.6 cm³/mol. The van der Waals surface area contributed by atoms with Crippen LogP contribution in [0, 0.1) is 6.92 Å². The number of amides is 2. The Morgan fingerprint density at radius 3 is 2.37 bits per heavy atom. The molecular weight excluding hydrogens is 264 g/mol. The van der Waals surface area contributed by atoms with E-state index in [1.807, 2.05) is 13.0 Å². The van der Waals surface area contributed by atoms with Crippen molar-refractivity contribution >= 4 is 23.3 Å². The Hall–Kier alpha value is -1.56. The van der Waals surface area contributed by atoms with Gasteiger partial charge in [0.2, 0.25) is 0 Å². The zero-order valence-corrected chi connectivity index (χ0v) is 12.5. The maximum absolute atomic E-state index is 11.7. The fourth-order valence-corrected chi connectivity index (χ4v) is 2.08. The van der Waals surface area contributed by atoms with Crippen LogP contribution in [0.5, 0.6) is 0 Å². The molecule has 0 aliphatic heterocycles. The van der Waals surface area contributed by atoms with Crippen LogP contribution in [0.25, 0.3) is 0 Å². The van der Waals surface area contributed by atoms with Crippen molar-refractivity contribution in [2.75, 3.05) is 13.1 Å². The third kappa shape index (κ3) is 6.24. The van der Waals surface area contributed by atoms with Crippen molar-refractivity contribution in [3.8, 4) is 0 Å². The topological polar surface area (TPSA) is 67.4 Å². The van der Waals surface area contributed by atoms with Crippen molar-refractivity contribution in [2.45, 2.75) is 33.3 Å². The molecule has 0 spiro atoms. The summed E-state index contributed by atoms with van der Waals surface area (Å²) in [6, 6.07) is 3.69. The quantitative estimate of drug-likeness (QED) is 0.834. The standard InChI is InChI=1S/C13H20N2O3S/c1-9-5-6-10(19-9)11(16)14-7-8-15-12(17)18-13(2,3)4/h5-6H,7-8H2,1-4H3,(H,14,16)(H,15,17). The van der Waals surface area contributed by atoms with Gasteiger partial charge in [0.15, 0.2) is 0 Å². The number of thiophene rings is 1. The molecule has 0 unspecified atom stereocenters. The number of aryl methyl sites for hydroxylation is 1. The average molecular weight is 284 g/mol. The van der Waals surface area contributed by atoms with E-state index in [1.165, 1.54) is 11.3 Å². The van der Waals surface area contributed by atoms with Gasteiger partial charge in [0, 0.05) is 18.0 Å². The summed E-state index contributed by atoms with van der Waals surface area (Å²) >= 11 is 1.44. The molecular formula is C13H20N2O3S. The van der Waals surface area contributed by atoms with E-state index in [9.17, 15) is 9.59 Å². The summed E-state index contributed by atoms with van der Waals surface area (Å²) < 4.78 is 5.07. The summed E-state index contributed by atoms with van der Waals surface area (Å²) in [7, 11) is 0. The number of hydrogen-bond acceptors (Lipinski definition) is 4. The highest BCUT2D eigenvalue weighted by Gasteiger charge is 2.15. The van der Waals surface area contributed by atoms with E-state index in [-0.39, 0.29) is 5.91 Å². The number of alkyl carbamates (subject to hydrolysis) is 1. The van der Waals surface area contributed by atoms with E-state index in [0.29, 0.717) is 18.0 Å². The average Bonchev–Trinajstić information content (AvgIpc) is 2.68. The number of carbonyl (C=O) groups is 2. The van der Waals surface area contributed by atoms with Crippen molar-refractivity contribution in [1.82, 2.24) is 10.6 Å². The van der Waals surface area contributed by atoms with Gasteiger partial charge in [0.05, 0.1) is 4.88 Å². The van der Waals surface area contributed by atoms with Gasteiger partial charge in [0.1, 0.15) is 5.60 Å². The lowest BCUT2D eigenvalue weighted by Gasteiger charge is -2.19. The largest absolute Gasteiger partial charge is 0.444 e. The van der Waals surface area contributed by atoms with Crippen LogP contribution in [-0.4, -0.2) is 30.7 Å². The molecule has 0 atom stereocenters. The van der Waals surface area contributed by atoms with Crippen molar-refractivity contribution in [1.29, 1.82) is 0 Å². The minimum atomic E-state index is -0.512. The maximum Gasteiger partial charge on any atom is 0.407 e. The van der Waals surface area contributed by atoms with Crippen molar-refractivity contribution in [3.63, 3.8) is 0 Å². The zero-order chi connectivity index (χ0) is 14.5. The molecule has 6 heteroatoms. The number of nitrogens with one attached hydrogen (secondary N) is 2. The van der Waals surface area contributed by atoms with E-state index in [1.54, 1.807) is 26.8 Å². The van der Waals surface area contributed by atoms with Gasteiger partial charge in [-0.05, 0) is 39.8 Å². The number of hydrogen-bond donors (Lipinski definition) is 2. The highest BCUT2D eigenvalue weighted by molar-refractivity contribution is 7.13. The molecule has 0 saturated carbocycles. The monoisotopic (exact) mass is 284 g/mol. The van der Waals surface area contributed by atoms with Crippen LogP contribution in [0.1, 0.15) is 35.3 Å². The van der Waals surface area contributed by atoms with Gasteiger partial charge in [-0.2, -0.15) is 0 Å². The lowest BCUT2D eigenvalue weighted by molar-refractivity contribution is 0.0526. The van der Waals surface area contributed by atoms with Crippen LogP contribution in [0.2, 0.25) is 0 Å². The molecule has 2 amide bonds. The lowest BCUT2D eigenvalue weighted by Crippen LogP contribution is -2.37. The molecule has 0 fully saturated rings. The Labute approximate surface area is 117 Å². The second-order valence-electron chi connectivity index (χ2n) is 5.09. The first-order valence-corrected chi connectivity index (χ1v) is 6.91. The van der Waals surface area contributed by atoms with E-state index < -0.39 is 11.7 Å². The van der Waals surface area contributed by atoms with Crippen molar-refractivity contribution in [3.05, 3.63) is 21.9 Å². The van der Waals surface area contributed by atoms with Gasteiger partial charge in [0.25, 0.3) is 5.91 Å². The second kappa shape index (κ2) is 6.56. The van der Waals surface area contributed by atoms with Crippen LogP contribution < -0.4 is 10.6 Å². The minimum Gasteiger partial charge on any atom is -0.444 e. The smallest absolute Gasteiger partial charge is 0.407 e. The summed E-state index contributed by atoms with van der Waals surface area (Å²) in [6.45, 7) is 8.06. The third-order valence-electron chi connectivity index (χ3n) is 2.04. The molecule has 0 aliphatic rings. The maximum atomic E-state index is 11.7. The Morgan fingerprint density at radius 2 is 1.84 bits per heavy atom. The Balaban J connectivity index is 2.21. The van der Waals surface area contributed by atoms with Crippen LogP contribution in [-0.2, 0) is 4.74 Å². The highest BCUT2D eigenvalue weighted by Crippen LogP contribution is 2.14. The van der Waals surface area contributed by atoms with Gasteiger partial charge in [-0.25, -0.2) is 4.79 Å². The predicted octanol–water partition coefficient (Wildman–Crippen LogP) is 2.31. The summed E-state index contributed by atoms with van der Waals surface area (Å²) in [6.07, 6.45) is -0.478. The zero-order valence-electron chi connectivity index (χ0n) is 11.7. The molecule has 0 radical (unpaired) electrons. The van der Waals surface area contributed by atoms with Crippen molar-refractivity contribution in [2.24, 2.45) is 0 Å². The summed E-state index contributed by atoms with van der Waals surface area (Å²) in [5.41, 5.74) is -0.512. The number of rotatable bonds is 4.